The number of aliphatic hydroxyl groups excluding tert-OH is 10. The van der Waals surface area contributed by atoms with Crippen LogP contribution in [0.4, 0.5) is 8.78 Å². The normalized spacial score (nSPS) is 15.2. The van der Waals surface area contributed by atoms with Gasteiger partial charge in [-0.05, 0) is 74.3 Å². The Balaban J connectivity index is 1.48. The van der Waals surface area contributed by atoms with Crippen LogP contribution in [0, 0.1) is 24.5 Å². The van der Waals surface area contributed by atoms with E-state index in [0.717, 1.165) is 21.3 Å². The smallest absolute Gasteiger partial charge is 0.331 e. The lowest BCUT2D eigenvalue weighted by molar-refractivity contribution is -0.142. The number of hydrogen-bond acceptors (Lipinski definition) is 28. The van der Waals surface area contributed by atoms with Crippen LogP contribution in [0.5, 0.6) is 0 Å². The van der Waals surface area contributed by atoms with E-state index in [1.165, 1.54) is 13.0 Å². The molecule has 648 valence electrons. The Labute approximate surface area is 674 Å². The number of ketones is 1. The van der Waals surface area contributed by atoms with E-state index in [2.05, 4.69) is 59.9 Å². The third-order valence-corrected chi connectivity index (χ3v) is 19.3. The number of aryl methyl sites for hydroxylation is 1. The summed E-state index contributed by atoms with van der Waals surface area (Å²) in [5.74, 6) is -15.8. The number of amides is 8. The molecule has 42 heteroatoms. The standard InChI is InChI=1S/C75H106F2N12O27S/c1-40-64(73(112)89(34-49(79)42-13-6-5-7-14-42)75(115)88(40)33-45-46(76)16-11-17-47(45)77)43-15-10-12-41(28-43)19-23-59(98)80-27-9-4-2-3-8-18-62(101)84-50(21-24-60(99)81-31-55(94)65(104)67(106)57(96)35-90)54(93)29-44(20-26-63(102)103)69(108)85-51(22-25-61(100)82-32-56(95)66(105)68(107)58(97)36-91)71(110)83-30-48(78)70(109)86-52(37-116-39-92)72(111)87-53(38-117)74(113)114/h5-7,10-17,28,39,44,48-53,55-58,65-68,90-91,94-97,104-107,117H,2-4,8-9,18-27,29-38,78-79H2,1H3,(H,80,98)(H,81,99)(H,82,100)(H,83,110)(H,84,101)(H,85,108)(H,86,109)(H,87,111)(H,102,103)(H,113,114)/t44-,48-,49-,50+,51+,52-,53-,55-,56-,57+,58+,65+,66+,67+,68+/m0/s1. The molecule has 39 nitrogen and oxygen atoms in total. The number of thiol groups is 1. The maximum absolute atomic E-state index is 15.1. The zero-order chi connectivity index (χ0) is 87.2. The van der Waals surface area contributed by atoms with Crippen LogP contribution in [0.25, 0.3) is 11.1 Å². The monoisotopic (exact) mass is 1680 g/mol. The van der Waals surface area contributed by atoms with Gasteiger partial charge in [0.15, 0.2) is 5.78 Å². The fourth-order valence-corrected chi connectivity index (χ4v) is 12.1. The van der Waals surface area contributed by atoms with Gasteiger partial charge in [-0.1, -0.05) is 79.9 Å². The largest absolute Gasteiger partial charge is 0.481 e. The molecule has 117 heavy (non-hydrogen) atoms. The van der Waals surface area contributed by atoms with Crippen LogP contribution in [-0.4, -0.2) is 273 Å². The Bertz CT molecular complexity index is 4070. The molecule has 0 spiro atoms. The average Bonchev–Trinajstić information content (AvgIpc) is 0.759. The number of rotatable bonds is 56. The van der Waals surface area contributed by atoms with E-state index in [0.29, 0.717) is 42.4 Å². The van der Waals surface area contributed by atoms with Gasteiger partial charge in [0.25, 0.3) is 12.0 Å². The van der Waals surface area contributed by atoms with Crippen LogP contribution in [0.15, 0.2) is 82.4 Å². The number of unbranched alkanes of at least 4 members (excludes halogenated alkanes) is 4. The summed E-state index contributed by atoms with van der Waals surface area (Å²) in [6.07, 6.45) is -18.9. The van der Waals surface area contributed by atoms with E-state index in [1.54, 1.807) is 54.6 Å². The second-order valence-electron chi connectivity index (χ2n) is 27.7. The number of halogens is 2. The molecule has 0 bridgehead atoms. The first-order chi connectivity index (χ1) is 55.5. The zero-order valence-electron chi connectivity index (χ0n) is 64.1. The van der Waals surface area contributed by atoms with E-state index in [1.807, 2.05) is 0 Å². The van der Waals surface area contributed by atoms with Gasteiger partial charge >= 0.3 is 17.6 Å². The minimum absolute atomic E-state index is 0.0117. The molecule has 0 saturated carbocycles. The number of benzene rings is 3. The van der Waals surface area contributed by atoms with Crippen LogP contribution in [0.2, 0.25) is 0 Å². The van der Waals surface area contributed by atoms with Crippen molar-refractivity contribution < 1.29 is 132 Å². The highest BCUT2D eigenvalue weighted by Gasteiger charge is 2.36. The van der Waals surface area contributed by atoms with Crippen molar-refractivity contribution in [1.29, 1.82) is 0 Å². The molecule has 0 radical (unpaired) electrons. The third-order valence-electron chi connectivity index (χ3n) is 18.9. The lowest BCUT2D eigenvalue weighted by Crippen LogP contribution is -2.58. The summed E-state index contributed by atoms with van der Waals surface area (Å²) in [5.41, 5.74) is 12.4. The molecule has 1 heterocycles. The summed E-state index contributed by atoms with van der Waals surface area (Å²) in [4.78, 5) is 185. The van der Waals surface area contributed by atoms with Crippen molar-refractivity contribution in [3.05, 3.63) is 128 Å². The van der Waals surface area contributed by atoms with Crippen LogP contribution < -0.4 is 65.3 Å². The van der Waals surface area contributed by atoms with Crippen molar-refractivity contribution in [2.24, 2.45) is 17.4 Å². The van der Waals surface area contributed by atoms with Crippen molar-refractivity contribution in [3.63, 3.8) is 0 Å². The predicted octanol–water partition coefficient (Wildman–Crippen LogP) is -5.92. The number of nitrogens with two attached hydrogens (primary N) is 2. The van der Waals surface area contributed by atoms with E-state index in [9.17, 15) is 123 Å². The van der Waals surface area contributed by atoms with Crippen molar-refractivity contribution in [2.45, 2.75) is 201 Å². The summed E-state index contributed by atoms with van der Waals surface area (Å²) in [5, 5.41) is 137. The van der Waals surface area contributed by atoms with E-state index < -0.39 is 275 Å². The predicted molar refractivity (Wildman–Crippen MR) is 412 cm³/mol. The average molecular weight is 1680 g/mol. The minimum Gasteiger partial charge on any atom is -0.481 e. The number of carboxylic acid groups (broad SMARTS) is 2. The molecule has 15 atom stereocenters. The first-order valence-corrected chi connectivity index (χ1v) is 38.1. The van der Waals surface area contributed by atoms with Crippen LogP contribution >= 0.6 is 12.6 Å². The number of ether oxygens (including phenoxy) is 1. The first kappa shape index (κ1) is 99.3. The Morgan fingerprint density at radius 1 is 0.556 bits per heavy atom. The molecule has 8 amide bonds. The number of nitrogens with zero attached hydrogens (tertiary/aromatic N) is 2. The van der Waals surface area contributed by atoms with Crippen LogP contribution in [-0.2, 0) is 81.8 Å². The molecule has 0 aliphatic rings. The maximum Gasteiger partial charge on any atom is 0.331 e. The molecule has 4 aromatic rings. The lowest BCUT2D eigenvalue weighted by Gasteiger charge is -2.26. The van der Waals surface area contributed by atoms with E-state index in [-0.39, 0.29) is 62.4 Å². The van der Waals surface area contributed by atoms with Gasteiger partial charge in [-0.2, -0.15) is 12.6 Å². The maximum atomic E-state index is 15.1. The summed E-state index contributed by atoms with van der Waals surface area (Å²) in [6, 6.07) is 9.20. The number of carbonyl (C=O) groups is 12. The van der Waals surface area contributed by atoms with Gasteiger partial charge in [0.05, 0.1) is 50.1 Å². The highest BCUT2D eigenvalue weighted by atomic mass is 32.1. The molecular weight excluding hydrogens is 1570 g/mol. The highest BCUT2D eigenvalue weighted by molar-refractivity contribution is 7.80. The summed E-state index contributed by atoms with van der Waals surface area (Å²) >= 11 is 3.85. The van der Waals surface area contributed by atoms with Gasteiger partial charge in [0, 0.05) is 93.7 Å². The Morgan fingerprint density at radius 3 is 1.68 bits per heavy atom. The van der Waals surface area contributed by atoms with Gasteiger partial charge in [-0.15, -0.1) is 0 Å². The highest BCUT2D eigenvalue weighted by Crippen LogP contribution is 2.25. The van der Waals surface area contributed by atoms with Crippen LogP contribution in [0.1, 0.15) is 118 Å². The van der Waals surface area contributed by atoms with Crippen molar-refractivity contribution in [3.8, 4) is 11.1 Å². The lowest BCUT2D eigenvalue weighted by atomic mass is 9.91. The number of aliphatic carboxylic acids is 2. The summed E-state index contributed by atoms with van der Waals surface area (Å²) < 4.78 is 36.7. The number of aromatic nitrogens is 2. The fourth-order valence-electron chi connectivity index (χ4n) is 11.9. The second kappa shape index (κ2) is 51.2. The molecule has 0 aliphatic carbocycles. The van der Waals surface area contributed by atoms with Gasteiger partial charge in [-0.25, -0.2) is 18.4 Å². The zero-order valence-corrected chi connectivity index (χ0v) is 65.0. The molecule has 1 aromatic heterocycles. The topological polar surface area (TPSA) is 649 Å². The molecule has 24 N–H and O–H groups in total. The summed E-state index contributed by atoms with van der Waals surface area (Å²) in [7, 11) is 0. The van der Waals surface area contributed by atoms with Crippen molar-refractivity contribution >= 4 is 84.1 Å². The Hall–Kier alpha value is -10.1. The number of Topliss-reactive ketones (excluding diaryl/α,β-unsaturated/α-hetero) is 1. The number of hydrogen-bond donors (Lipinski definition) is 23. The fraction of sp³-hybridized carbons (Fsp3) is 0.547. The van der Waals surface area contributed by atoms with Gasteiger partial charge in [0.1, 0.15) is 79.0 Å². The Morgan fingerprint density at radius 2 is 1.10 bits per heavy atom. The Kier molecular flexibility index (Phi) is 43.4. The molecule has 0 aliphatic heterocycles. The van der Waals surface area contributed by atoms with Crippen LogP contribution in [0.3, 0.4) is 0 Å². The summed E-state index contributed by atoms with van der Waals surface area (Å²) in [6.45, 7) is -4.49. The molecular formula is C75H106F2N12O27S. The number of nitrogens with one attached hydrogen (secondary N) is 8. The molecule has 4 rings (SSSR count). The molecule has 3 aromatic carbocycles. The molecule has 0 saturated heterocycles. The first-order valence-electron chi connectivity index (χ1n) is 37.5. The number of carbonyl (C=O) groups excluding carboxylic acids is 10. The quantitative estimate of drug-likeness (QED) is 0.0111. The van der Waals surface area contributed by atoms with Gasteiger partial charge < -0.3 is 120 Å². The molecule has 0 fully saturated rings. The third kappa shape index (κ3) is 33.1. The molecule has 0 unspecified atom stereocenters. The van der Waals surface area contributed by atoms with Crippen molar-refractivity contribution in [2.75, 3.05) is 51.8 Å². The second-order valence-corrected chi connectivity index (χ2v) is 28.1. The van der Waals surface area contributed by atoms with Gasteiger partial charge in [0.2, 0.25) is 47.3 Å². The SMILES string of the molecule is Cc1c(-c2cccc(CCC(=O)NCCCCCCCC(=O)N[C@H](CCC(=O)NC[C@H](O)[C@@H](O)[C@H](O)[C@H](O)CO)C(=O)C[C@H](CCC(=O)O)C(=O)N[C@H](CCC(=O)NC[C@H](O)[C@@H](O)[C@H](O)[C@H](O)CO)C(=O)NC[C@H](N)C(=O)N[C@@H](COC=O)C(=O)N[C@@H](CS)C(=O)O)c2)c(=O)n(C[C@H](N)c2ccccc2)c(=O)n1Cc1c(F)cccc1F. The van der Waals surface area contributed by atoms with E-state index >= 15 is 8.78 Å². The number of carboxylic acids is 2. The van der Waals surface area contributed by atoms with E-state index in [4.69, 9.17) is 16.6 Å². The van der Waals surface area contributed by atoms with Gasteiger partial charge in [-0.3, -0.25) is 66.7 Å². The minimum atomic E-state index is -2.13. The van der Waals surface area contributed by atoms with Crippen molar-refractivity contribution in [1.82, 2.24) is 51.7 Å². The number of aliphatic hydroxyl groups is 10.